The first-order valence-electron chi connectivity index (χ1n) is 15.7. The zero-order valence-electron chi connectivity index (χ0n) is 28.5. The lowest BCUT2D eigenvalue weighted by molar-refractivity contribution is 0.0710. The molecule has 2 heteroatoms. The highest BCUT2D eigenvalue weighted by molar-refractivity contribution is 7.99. The first-order valence-corrected chi connectivity index (χ1v) is 16.8. The highest BCUT2D eigenvalue weighted by Crippen LogP contribution is 2.13. The van der Waals surface area contributed by atoms with Crippen LogP contribution >= 0.6 is 11.8 Å². The second-order valence-corrected chi connectivity index (χ2v) is 15.3. The van der Waals surface area contributed by atoms with Gasteiger partial charge < -0.3 is 4.74 Å². The molecule has 0 amide bonds. The topological polar surface area (TPSA) is 9.23 Å². The molecule has 0 aromatic carbocycles. The van der Waals surface area contributed by atoms with Crippen molar-refractivity contribution in [3.05, 3.63) is 0 Å². The SMILES string of the molecule is CC(C)CCCC(C)C.CC(C)CCCC(C)C.CC(C)CCOC(C)C.CC(C)CCSC(C)C. The van der Waals surface area contributed by atoms with E-state index in [2.05, 4.69) is 123 Å². The fourth-order valence-electron chi connectivity index (χ4n) is 2.95. The minimum absolute atomic E-state index is 0.392. The van der Waals surface area contributed by atoms with E-state index in [4.69, 9.17) is 4.74 Å². The predicted octanol–water partition coefficient (Wildman–Crippen LogP) is 12.6. The molecule has 0 aliphatic rings. The summed E-state index contributed by atoms with van der Waals surface area (Å²) >= 11 is 2.06. The van der Waals surface area contributed by atoms with Crippen molar-refractivity contribution >= 4 is 11.8 Å². The van der Waals surface area contributed by atoms with Gasteiger partial charge in [-0.1, -0.05) is 135 Å². The highest BCUT2D eigenvalue weighted by atomic mass is 32.2. The van der Waals surface area contributed by atoms with Crippen LogP contribution in [0.25, 0.3) is 0 Å². The average molecular weight is 533 g/mol. The second kappa shape index (κ2) is 31.5. The summed E-state index contributed by atoms with van der Waals surface area (Å²) in [6, 6.07) is 0. The molecule has 0 aliphatic carbocycles. The van der Waals surface area contributed by atoms with E-state index in [0.29, 0.717) is 6.10 Å². The Morgan fingerprint density at radius 2 is 0.722 bits per heavy atom. The van der Waals surface area contributed by atoms with Crippen molar-refractivity contribution in [2.75, 3.05) is 12.4 Å². The van der Waals surface area contributed by atoms with Gasteiger partial charge in [-0.15, -0.1) is 0 Å². The minimum Gasteiger partial charge on any atom is -0.379 e. The Morgan fingerprint density at radius 3 is 0.944 bits per heavy atom. The van der Waals surface area contributed by atoms with E-state index in [1.54, 1.807) is 0 Å². The molecule has 0 saturated heterocycles. The van der Waals surface area contributed by atoms with Gasteiger partial charge in [0.15, 0.2) is 0 Å². The Balaban J connectivity index is -0.000000190. The van der Waals surface area contributed by atoms with Gasteiger partial charge in [-0.2, -0.15) is 11.8 Å². The largest absolute Gasteiger partial charge is 0.379 e. The molecule has 0 saturated carbocycles. The van der Waals surface area contributed by atoms with Crippen molar-refractivity contribution in [1.29, 1.82) is 0 Å². The third kappa shape index (κ3) is 64.4. The summed E-state index contributed by atoms with van der Waals surface area (Å²) in [5.41, 5.74) is 0. The van der Waals surface area contributed by atoms with Gasteiger partial charge in [-0.25, -0.2) is 0 Å². The summed E-state index contributed by atoms with van der Waals surface area (Å²) in [6.45, 7) is 36.9. The van der Waals surface area contributed by atoms with Gasteiger partial charge in [-0.05, 0) is 73.2 Å². The Labute approximate surface area is 237 Å². The molecule has 36 heavy (non-hydrogen) atoms. The maximum Gasteiger partial charge on any atom is 0.0518 e. The van der Waals surface area contributed by atoms with Crippen molar-refractivity contribution in [3.8, 4) is 0 Å². The third-order valence-corrected chi connectivity index (χ3v) is 6.56. The predicted molar refractivity (Wildman–Crippen MR) is 175 cm³/mol. The summed E-state index contributed by atoms with van der Waals surface area (Å²) in [6.07, 6.45) is 11.4. The van der Waals surface area contributed by atoms with Gasteiger partial charge in [0.25, 0.3) is 0 Å². The molecule has 0 aliphatic heterocycles. The molecular formula is C34H76OS. The Bertz CT molecular complexity index is 265. The Morgan fingerprint density at radius 1 is 0.417 bits per heavy atom. The lowest BCUT2D eigenvalue weighted by atomic mass is 10.0. The third-order valence-electron chi connectivity index (χ3n) is 5.42. The molecule has 0 radical (unpaired) electrons. The molecular weight excluding hydrogens is 456 g/mol. The van der Waals surface area contributed by atoms with Crippen LogP contribution in [-0.4, -0.2) is 23.7 Å². The van der Waals surface area contributed by atoms with Crippen molar-refractivity contribution in [3.63, 3.8) is 0 Å². The number of rotatable bonds is 16. The minimum atomic E-state index is 0.392. The van der Waals surface area contributed by atoms with Gasteiger partial charge in [0.05, 0.1) is 6.10 Å². The first kappa shape index (κ1) is 43.4. The van der Waals surface area contributed by atoms with E-state index in [0.717, 1.165) is 47.4 Å². The standard InChI is InChI=1S/2C9H20.C8H18O.C8H18S/c2*1-8(2)6-5-7-9(3)4;2*1-7(2)5-6-9-8(3)4/h2*8-9H,5-7H2,1-4H3;2*7-8H,5-6H2,1-4H3. The van der Waals surface area contributed by atoms with E-state index in [1.807, 2.05) is 0 Å². The van der Waals surface area contributed by atoms with E-state index in [1.165, 1.54) is 57.1 Å². The fraction of sp³-hybridized carbons (Fsp3) is 1.00. The van der Waals surface area contributed by atoms with Crippen LogP contribution in [0.1, 0.15) is 162 Å². The van der Waals surface area contributed by atoms with Gasteiger partial charge in [0.1, 0.15) is 0 Å². The Kier molecular flexibility index (Phi) is 38.0. The Hall–Kier alpha value is 0.310. The summed E-state index contributed by atoms with van der Waals surface area (Å²) in [5.74, 6) is 6.54. The molecule has 0 aromatic rings. The second-order valence-electron chi connectivity index (χ2n) is 13.6. The zero-order chi connectivity index (χ0) is 29.1. The molecule has 0 N–H and O–H groups in total. The summed E-state index contributed by atoms with van der Waals surface area (Å²) in [5, 5.41) is 0.809. The number of ether oxygens (including phenoxy) is 1. The number of thioether (sulfide) groups is 1. The molecule has 0 fully saturated rings. The van der Waals surface area contributed by atoms with Gasteiger partial charge in [0, 0.05) is 6.61 Å². The van der Waals surface area contributed by atoms with Gasteiger partial charge in [0.2, 0.25) is 0 Å². The number of hydrogen-bond acceptors (Lipinski definition) is 2. The molecule has 224 valence electrons. The van der Waals surface area contributed by atoms with Crippen LogP contribution in [0.2, 0.25) is 0 Å². The maximum atomic E-state index is 5.35. The molecule has 0 rings (SSSR count). The van der Waals surface area contributed by atoms with Crippen molar-refractivity contribution in [2.24, 2.45) is 35.5 Å². The normalized spacial score (nSPS) is 11.3. The lowest BCUT2D eigenvalue weighted by Gasteiger charge is -2.08. The van der Waals surface area contributed by atoms with Gasteiger partial charge >= 0.3 is 0 Å². The number of hydrogen-bond donors (Lipinski definition) is 0. The smallest absolute Gasteiger partial charge is 0.0518 e. The van der Waals surface area contributed by atoms with E-state index < -0.39 is 0 Å². The summed E-state index contributed by atoms with van der Waals surface area (Å²) in [4.78, 5) is 0. The van der Waals surface area contributed by atoms with Crippen LogP contribution < -0.4 is 0 Å². The molecule has 0 spiro atoms. The summed E-state index contributed by atoms with van der Waals surface area (Å²) in [7, 11) is 0. The van der Waals surface area contributed by atoms with Crippen LogP contribution in [-0.2, 0) is 4.74 Å². The maximum absolute atomic E-state index is 5.35. The lowest BCUT2D eigenvalue weighted by Crippen LogP contribution is -2.05. The summed E-state index contributed by atoms with van der Waals surface area (Å²) < 4.78 is 5.35. The van der Waals surface area contributed by atoms with E-state index in [9.17, 15) is 0 Å². The molecule has 0 atom stereocenters. The van der Waals surface area contributed by atoms with E-state index in [-0.39, 0.29) is 0 Å². The van der Waals surface area contributed by atoms with Crippen molar-refractivity contribution in [2.45, 2.75) is 174 Å². The van der Waals surface area contributed by atoms with Crippen LogP contribution in [0.5, 0.6) is 0 Å². The molecule has 1 nitrogen and oxygen atoms in total. The fourth-order valence-corrected chi connectivity index (χ4v) is 4.03. The quantitative estimate of drug-likeness (QED) is 0.195. The van der Waals surface area contributed by atoms with Crippen LogP contribution in [0, 0.1) is 35.5 Å². The monoisotopic (exact) mass is 533 g/mol. The van der Waals surface area contributed by atoms with Crippen LogP contribution in [0.15, 0.2) is 0 Å². The molecule has 0 bridgehead atoms. The first-order chi connectivity index (χ1) is 16.5. The molecule has 0 unspecified atom stereocenters. The van der Waals surface area contributed by atoms with E-state index >= 15 is 0 Å². The van der Waals surface area contributed by atoms with Crippen molar-refractivity contribution in [1.82, 2.24) is 0 Å². The molecule has 0 heterocycles. The van der Waals surface area contributed by atoms with Crippen molar-refractivity contribution < 1.29 is 4.74 Å². The van der Waals surface area contributed by atoms with Gasteiger partial charge in [-0.3, -0.25) is 0 Å². The van der Waals surface area contributed by atoms with Crippen LogP contribution in [0.3, 0.4) is 0 Å². The molecule has 0 aromatic heterocycles. The average Bonchev–Trinajstić information content (AvgIpc) is 2.67. The van der Waals surface area contributed by atoms with Crippen LogP contribution in [0.4, 0.5) is 0 Å². The highest BCUT2D eigenvalue weighted by Gasteiger charge is 1.98. The zero-order valence-corrected chi connectivity index (χ0v) is 29.3.